The number of aryl methyl sites for hydroxylation is 2. The zero-order chi connectivity index (χ0) is 24.7. The molecule has 178 valence electrons. The van der Waals surface area contributed by atoms with Crippen molar-refractivity contribution in [3.05, 3.63) is 94.1 Å². The zero-order valence-corrected chi connectivity index (χ0v) is 19.7. The van der Waals surface area contributed by atoms with Crippen molar-refractivity contribution in [1.29, 1.82) is 0 Å². The Balaban J connectivity index is 1.65. The number of nitrogens with zero attached hydrogens (tertiary/aromatic N) is 1. The summed E-state index contributed by atoms with van der Waals surface area (Å²) in [6, 6.07) is 17.4. The van der Waals surface area contributed by atoms with Crippen LogP contribution in [0.5, 0.6) is 17.2 Å². The number of benzene rings is 3. The number of likely N-dealkylation sites (tertiary alicyclic amines) is 1. The van der Waals surface area contributed by atoms with Gasteiger partial charge in [0.2, 0.25) is 6.79 Å². The molecule has 3 aromatic rings. The molecule has 7 nitrogen and oxygen atoms in total. The number of fused-ring (bicyclic) bond motifs is 1. The number of amides is 1. The number of ketones is 1. The van der Waals surface area contributed by atoms with E-state index in [1.807, 2.05) is 44.2 Å². The summed E-state index contributed by atoms with van der Waals surface area (Å²) in [5.41, 5.74) is 3.76. The molecule has 0 aromatic heterocycles. The standard InChI is InChI=1S/C28H25NO6/c1-16-7-8-17(2)21(11-16)26(30)24-25(19-5-4-6-20(13-19)33-3)29(28(32)27(24)31)14-18-9-10-22-23(12-18)35-15-34-22/h4-13,25,30H,14-15H2,1-3H3/b26-24+. The van der Waals surface area contributed by atoms with Gasteiger partial charge >= 0.3 is 0 Å². The summed E-state index contributed by atoms with van der Waals surface area (Å²) in [7, 11) is 1.55. The third-order valence-corrected chi connectivity index (χ3v) is 6.39. The van der Waals surface area contributed by atoms with Gasteiger partial charge in [-0.1, -0.05) is 35.9 Å². The van der Waals surface area contributed by atoms with Crippen LogP contribution in [0.1, 0.15) is 33.9 Å². The normalized spacial score (nSPS) is 18.3. The van der Waals surface area contributed by atoms with Crippen molar-refractivity contribution in [2.75, 3.05) is 13.9 Å². The van der Waals surface area contributed by atoms with Gasteiger partial charge in [-0.05, 0) is 60.9 Å². The van der Waals surface area contributed by atoms with Crippen LogP contribution in [0.2, 0.25) is 0 Å². The van der Waals surface area contributed by atoms with Crippen molar-refractivity contribution in [3.63, 3.8) is 0 Å². The molecule has 0 spiro atoms. The van der Waals surface area contributed by atoms with Crippen molar-refractivity contribution >= 4 is 17.4 Å². The summed E-state index contributed by atoms with van der Waals surface area (Å²) in [6.45, 7) is 4.06. The zero-order valence-electron chi connectivity index (χ0n) is 19.7. The van der Waals surface area contributed by atoms with Crippen LogP contribution in [0.15, 0.2) is 66.2 Å². The monoisotopic (exact) mass is 471 g/mol. The van der Waals surface area contributed by atoms with E-state index in [2.05, 4.69) is 0 Å². The summed E-state index contributed by atoms with van der Waals surface area (Å²) in [6.07, 6.45) is 0. The van der Waals surface area contributed by atoms with Gasteiger partial charge < -0.3 is 24.2 Å². The van der Waals surface area contributed by atoms with Crippen LogP contribution in [-0.2, 0) is 16.1 Å². The summed E-state index contributed by atoms with van der Waals surface area (Å²) < 4.78 is 16.3. The molecule has 1 amide bonds. The highest BCUT2D eigenvalue weighted by atomic mass is 16.7. The van der Waals surface area contributed by atoms with E-state index in [0.717, 1.165) is 16.7 Å². The van der Waals surface area contributed by atoms with E-state index in [4.69, 9.17) is 14.2 Å². The van der Waals surface area contributed by atoms with E-state index in [1.165, 1.54) is 4.90 Å². The Labute approximate surface area is 203 Å². The fourth-order valence-electron chi connectivity index (χ4n) is 4.57. The van der Waals surface area contributed by atoms with E-state index in [9.17, 15) is 14.7 Å². The Morgan fingerprint density at radius 1 is 1.03 bits per heavy atom. The van der Waals surface area contributed by atoms with Gasteiger partial charge in [-0.3, -0.25) is 9.59 Å². The lowest BCUT2D eigenvalue weighted by Crippen LogP contribution is -2.29. The molecule has 2 aliphatic heterocycles. The first kappa shape index (κ1) is 22.5. The largest absolute Gasteiger partial charge is 0.507 e. The number of hydrogen-bond donors (Lipinski definition) is 1. The van der Waals surface area contributed by atoms with Gasteiger partial charge in [0.05, 0.1) is 18.7 Å². The van der Waals surface area contributed by atoms with E-state index >= 15 is 0 Å². The minimum absolute atomic E-state index is 0.0534. The summed E-state index contributed by atoms with van der Waals surface area (Å²) in [4.78, 5) is 28.2. The summed E-state index contributed by atoms with van der Waals surface area (Å²) >= 11 is 0. The number of aliphatic hydroxyl groups is 1. The van der Waals surface area contributed by atoms with Crippen molar-refractivity contribution in [3.8, 4) is 17.2 Å². The number of carbonyl (C=O) groups is 2. The molecule has 7 heteroatoms. The third-order valence-electron chi connectivity index (χ3n) is 6.39. The number of hydrogen-bond acceptors (Lipinski definition) is 6. The number of Topliss-reactive ketones (excluding diaryl/α,β-unsaturated/α-hetero) is 1. The Morgan fingerprint density at radius 3 is 2.63 bits per heavy atom. The van der Waals surface area contributed by atoms with E-state index in [-0.39, 0.29) is 24.7 Å². The van der Waals surface area contributed by atoms with E-state index < -0.39 is 17.7 Å². The third kappa shape index (κ3) is 3.99. The quantitative estimate of drug-likeness (QED) is 0.331. The minimum Gasteiger partial charge on any atom is -0.507 e. The van der Waals surface area contributed by atoms with Crippen LogP contribution in [0.3, 0.4) is 0 Å². The maximum absolute atomic E-state index is 13.4. The van der Waals surface area contributed by atoms with E-state index in [1.54, 1.807) is 37.4 Å². The smallest absolute Gasteiger partial charge is 0.295 e. The van der Waals surface area contributed by atoms with Gasteiger partial charge in [-0.25, -0.2) is 0 Å². The highest BCUT2D eigenvalue weighted by Crippen LogP contribution is 2.42. The Bertz CT molecular complexity index is 1380. The second-order valence-corrected chi connectivity index (χ2v) is 8.71. The van der Waals surface area contributed by atoms with Gasteiger partial charge in [0.1, 0.15) is 11.5 Å². The second kappa shape index (κ2) is 8.83. The summed E-state index contributed by atoms with van der Waals surface area (Å²) in [5, 5.41) is 11.4. The molecule has 0 bridgehead atoms. The molecule has 0 aliphatic carbocycles. The molecule has 5 rings (SSSR count). The Hall–Kier alpha value is -4.26. The number of ether oxygens (including phenoxy) is 3. The molecule has 2 heterocycles. The lowest BCUT2D eigenvalue weighted by Gasteiger charge is -2.26. The van der Waals surface area contributed by atoms with Gasteiger partial charge in [0.15, 0.2) is 11.5 Å². The highest BCUT2D eigenvalue weighted by molar-refractivity contribution is 6.46. The molecule has 2 aliphatic rings. The average Bonchev–Trinajstić information content (AvgIpc) is 3.43. The molecule has 35 heavy (non-hydrogen) atoms. The fourth-order valence-corrected chi connectivity index (χ4v) is 4.57. The lowest BCUT2D eigenvalue weighted by molar-refractivity contribution is -0.140. The Morgan fingerprint density at radius 2 is 1.83 bits per heavy atom. The van der Waals surface area contributed by atoms with Crippen molar-refractivity contribution in [2.24, 2.45) is 0 Å². The topological polar surface area (TPSA) is 85.3 Å². The molecular formula is C28H25NO6. The molecule has 1 atom stereocenters. The highest BCUT2D eigenvalue weighted by Gasteiger charge is 2.46. The van der Waals surface area contributed by atoms with Gasteiger partial charge in [-0.15, -0.1) is 0 Å². The first-order valence-corrected chi connectivity index (χ1v) is 11.3. The predicted molar refractivity (Wildman–Crippen MR) is 129 cm³/mol. The number of methoxy groups -OCH3 is 1. The van der Waals surface area contributed by atoms with Crippen molar-refractivity contribution < 1.29 is 28.9 Å². The fraction of sp³-hybridized carbons (Fsp3) is 0.214. The van der Waals surface area contributed by atoms with Gasteiger partial charge in [0, 0.05) is 12.1 Å². The SMILES string of the molecule is COc1cccc(C2/C(=C(\O)c3cc(C)ccc3C)C(=O)C(=O)N2Cc2ccc3c(c2)OCO3)c1. The summed E-state index contributed by atoms with van der Waals surface area (Å²) in [5.74, 6) is 0.218. The number of rotatable bonds is 5. The maximum atomic E-state index is 13.4. The number of carbonyl (C=O) groups excluding carboxylic acids is 2. The minimum atomic E-state index is -0.796. The maximum Gasteiger partial charge on any atom is 0.295 e. The Kier molecular flexibility index (Phi) is 5.68. The molecule has 0 saturated carbocycles. The van der Waals surface area contributed by atoms with Crippen LogP contribution < -0.4 is 14.2 Å². The second-order valence-electron chi connectivity index (χ2n) is 8.71. The van der Waals surface area contributed by atoms with Gasteiger partial charge in [0.25, 0.3) is 11.7 Å². The van der Waals surface area contributed by atoms with Crippen molar-refractivity contribution in [2.45, 2.75) is 26.4 Å². The molecule has 3 aromatic carbocycles. The van der Waals surface area contributed by atoms with Crippen LogP contribution >= 0.6 is 0 Å². The molecule has 1 fully saturated rings. The van der Waals surface area contributed by atoms with Crippen molar-refractivity contribution in [1.82, 2.24) is 4.90 Å². The van der Waals surface area contributed by atoms with Gasteiger partial charge in [-0.2, -0.15) is 0 Å². The first-order valence-electron chi connectivity index (χ1n) is 11.3. The molecule has 1 saturated heterocycles. The molecule has 1 N–H and O–H groups in total. The van der Waals surface area contributed by atoms with Crippen LogP contribution in [0.25, 0.3) is 5.76 Å². The molecule has 0 radical (unpaired) electrons. The average molecular weight is 472 g/mol. The molecular weight excluding hydrogens is 446 g/mol. The lowest BCUT2D eigenvalue weighted by atomic mass is 9.93. The van der Waals surface area contributed by atoms with Crippen LogP contribution in [0.4, 0.5) is 0 Å². The van der Waals surface area contributed by atoms with E-state index in [0.29, 0.717) is 28.4 Å². The van der Waals surface area contributed by atoms with Crippen LogP contribution in [-0.4, -0.2) is 35.6 Å². The first-order chi connectivity index (χ1) is 16.9. The number of aliphatic hydroxyl groups excluding tert-OH is 1. The molecule has 1 unspecified atom stereocenters. The predicted octanol–water partition coefficient (Wildman–Crippen LogP) is 4.66. The van der Waals surface area contributed by atoms with Crippen LogP contribution in [0, 0.1) is 13.8 Å².